The number of benzene rings is 2. The summed E-state index contributed by atoms with van der Waals surface area (Å²) >= 11 is 3.46. The fourth-order valence-corrected chi connectivity index (χ4v) is 7.71. The largest absolute Gasteiger partial charge is 0.477 e. The molecule has 1 saturated carbocycles. The van der Waals surface area contributed by atoms with Crippen molar-refractivity contribution in [2.75, 3.05) is 0 Å². The molecule has 6 aromatic rings. The smallest absolute Gasteiger partial charge is 0.352 e. The predicted molar refractivity (Wildman–Crippen MR) is 198 cm³/mol. The number of imidazole rings is 1. The first kappa shape index (κ1) is 34.4. The average molecular weight is 727 g/mol. The topological polar surface area (TPSA) is 120 Å². The van der Waals surface area contributed by atoms with Crippen LogP contribution in [0.25, 0.3) is 44.4 Å². The van der Waals surface area contributed by atoms with Crippen molar-refractivity contribution in [3.63, 3.8) is 0 Å². The zero-order chi connectivity index (χ0) is 35.2. The summed E-state index contributed by atoms with van der Waals surface area (Å²) < 4.78 is 6.68. The summed E-state index contributed by atoms with van der Waals surface area (Å²) in [5, 5.41) is 14.9. The van der Waals surface area contributed by atoms with Crippen molar-refractivity contribution >= 4 is 60.6 Å². The number of aromatic carboxylic acids is 1. The molecule has 4 aromatic heterocycles. The maximum atomic E-state index is 14.0. The van der Waals surface area contributed by atoms with Gasteiger partial charge in [-0.1, -0.05) is 40.2 Å². The van der Waals surface area contributed by atoms with Crippen LogP contribution in [0.5, 0.6) is 0 Å². The van der Waals surface area contributed by atoms with Gasteiger partial charge in [-0.25, -0.2) is 19.7 Å². The summed E-state index contributed by atoms with van der Waals surface area (Å²) in [7, 11) is 5.75. The normalized spacial score (nSPS) is 14.4. The van der Waals surface area contributed by atoms with Gasteiger partial charge in [-0.05, 0) is 89.8 Å². The Bertz CT molecular complexity index is 2210. The maximum absolute atomic E-state index is 14.0. The number of hydrogen-bond donors (Lipinski definition) is 2. The molecule has 0 bridgehead atoms. The Balaban J connectivity index is 0.00000205. The summed E-state index contributed by atoms with van der Waals surface area (Å²) in [4.78, 5) is 40.1. The molecule has 7 rings (SSSR count). The molecule has 2 aromatic carbocycles. The second kappa shape index (κ2) is 13.4. The minimum Gasteiger partial charge on any atom is -0.477 e. The van der Waals surface area contributed by atoms with Crippen molar-refractivity contribution in [1.82, 2.24) is 34.0 Å². The standard InChI is InChI=1S/C36H38BrN7O3.C2H6/c1-6-9-20(7-2)30-24-11-10-21(14-27(24)43(4)31(30)32-38-18-23(37)19-39-32)33(45)41-36(12-8-13-36)35-40-25-17-26-22(15-28(25)44(35)5)16-29(34(46)47)42(26)3;1-2/h10-11,14-20H,6-9,12-13H2,1-5H3,(H,41,45)(H,46,47);1-2H3. The number of hydrogen-bond acceptors (Lipinski definition) is 5. The number of aryl methyl sites for hydroxylation is 3. The van der Waals surface area contributed by atoms with E-state index in [1.807, 2.05) is 56.8 Å². The van der Waals surface area contributed by atoms with Gasteiger partial charge in [-0.2, -0.15) is 0 Å². The molecular formula is C38H44BrN7O3. The number of aromatic nitrogens is 6. The fourth-order valence-electron chi connectivity index (χ4n) is 7.51. The van der Waals surface area contributed by atoms with Crippen LogP contribution in [-0.2, 0) is 26.7 Å². The van der Waals surface area contributed by atoms with Crippen LogP contribution in [0, 0.1) is 0 Å². The van der Waals surface area contributed by atoms with Crippen LogP contribution in [-0.4, -0.2) is 45.6 Å². The molecule has 0 saturated heterocycles. The summed E-state index contributed by atoms with van der Waals surface area (Å²) in [5.41, 5.74) is 5.90. The van der Waals surface area contributed by atoms with Crippen molar-refractivity contribution in [3.05, 3.63) is 75.9 Å². The number of halogens is 1. The lowest BCUT2D eigenvalue weighted by Crippen LogP contribution is -2.52. The van der Waals surface area contributed by atoms with Crippen LogP contribution in [0.4, 0.5) is 0 Å². The van der Waals surface area contributed by atoms with E-state index in [0.717, 1.165) is 87.4 Å². The Labute approximate surface area is 294 Å². The zero-order valence-electron chi connectivity index (χ0n) is 29.3. The molecule has 1 amide bonds. The highest BCUT2D eigenvalue weighted by Crippen LogP contribution is 2.43. The van der Waals surface area contributed by atoms with E-state index >= 15 is 0 Å². The van der Waals surface area contributed by atoms with E-state index in [1.54, 1.807) is 30.1 Å². The van der Waals surface area contributed by atoms with Crippen molar-refractivity contribution in [2.45, 2.75) is 77.7 Å². The van der Waals surface area contributed by atoms with Gasteiger partial charge in [0.1, 0.15) is 11.5 Å². The van der Waals surface area contributed by atoms with Crippen LogP contribution in [0.15, 0.2) is 53.3 Å². The molecule has 1 unspecified atom stereocenters. The highest BCUT2D eigenvalue weighted by atomic mass is 79.9. The Morgan fingerprint density at radius 1 is 0.959 bits per heavy atom. The molecule has 4 heterocycles. The third kappa shape index (κ3) is 5.71. The minimum atomic E-state index is -0.966. The van der Waals surface area contributed by atoms with Gasteiger partial charge in [0.15, 0.2) is 5.82 Å². The summed E-state index contributed by atoms with van der Waals surface area (Å²) in [6.07, 6.45) is 9.23. The molecule has 0 radical (unpaired) electrons. The van der Waals surface area contributed by atoms with Crippen LogP contribution >= 0.6 is 15.9 Å². The van der Waals surface area contributed by atoms with Gasteiger partial charge in [-0.3, -0.25) is 4.79 Å². The number of carbonyl (C=O) groups excluding carboxylic acids is 1. The molecule has 1 aliphatic carbocycles. The van der Waals surface area contributed by atoms with E-state index < -0.39 is 11.5 Å². The molecule has 49 heavy (non-hydrogen) atoms. The lowest BCUT2D eigenvalue weighted by atomic mass is 9.75. The Hall–Kier alpha value is -4.51. The number of rotatable bonds is 9. The first-order chi connectivity index (χ1) is 23.6. The average Bonchev–Trinajstić information content (AvgIpc) is 3.70. The van der Waals surface area contributed by atoms with E-state index in [9.17, 15) is 14.7 Å². The first-order valence-electron chi connectivity index (χ1n) is 17.2. The molecule has 0 aliphatic heterocycles. The summed E-state index contributed by atoms with van der Waals surface area (Å²) in [6, 6.07) is 11.6. The molecule has 256 valence electrons. The Morgan fingerprint density at radius 2 is 1.67 bits per heavy atom. The lowest BCUT2D eigenvalue weighted by molar-refractivity contribution is 0.0686. The minimum absolute atomic E-state index is 0.139. The first-order valence-corrected chi connectivity index (χ1v) is 18.0. The van der Waals surface area contributed by atoms with Gasteiger partial charge in [0.2, 0.25) is 0 Å². The van der Waals surface area contributed by atoms with Crippen molar-refractivity contribution in [3.8, 4) is 11.5 Å². The van der Waals surface area contributed by atoms with Gasteiger partial charge in [0, 0.05) is 55.4 Å². The van der Waals surface area contributed by atoms with Crippen LogP contribution in [0.3, 0.4) is 0 Å². The maximum Gasteiger partial charge on any atom is 0.352 e. The Morgan fingerprint density at radius 3 is 2.29 bits per heavy atom. The van der Waals surface area contributed by atoms with Gasteiger partial charge < -0.3 is 24.1 Å². The van der Waals surface area contributed by atoms with E-state index in [-0.39, 0.29) is 11.6 Å². The number of nitrogens with zero attached hydrogens (tertiary/aromatic N) is 6. The number of fused-ring (bicyclic) bond motifs is 3. The number of carbonyl (C=O) groups is 2. The molecule has 1 atom stereocenters. The van der Waals surface area contributed by atoms with E-state index in [1.165, 1.54) is 5.56 Å². The SMILES string of the molecule is CC.CCCC(CC)c1c(-c2ncc(Br)cn2)n(C)c2cc(C(=O)NC3(c4nc5cc6c(cc(C(=O)O)n6C)cc5n4C)CCC3)ccc12. The number of carboxylic acids is 1. The quantitative estimate of drug-likeness (QED) is 0.154. The number of nitrogens with one attached hydrogen (secondary N) is 1. The predicted octanol–water partition coefficient (Wildman–Crippen LogP) is 8.60. The molecule has 1 fully saturated rings. The van der Waals surface area contributed by atoms with Gasteiger partial charge in [0.05, 0.1) is 32.3 Å². The lowest BCUT2D eigenvalue weighted by Gasteiger charge is -2.41. The van der Waals surface area contributed by atoms with Crippen LogP contribution < -0.4 is 5.32 Å². The third-order valence-corrected chi connectivity index (χ3v) is 10.5. The van der Waals surface area contributed by atoms with E-state index in [0.29, 0.717) is 17.3 Å². The van der Waals surface area contributed by atoms with Crippen LogP contribution in [0.2, 0.25) is 0 Å². The molecule has 11 heteroatoms. The molecule has 2 N–H and O–H groups in total. The van der Waals surface area contributed by atoms with Crippen LogP contribution in [0.1, 0.15) is 104 Å². The second-order valence-electron chi connectivity index (χ2n) is 12.8. The second-order valence-corrected chi connectivity index (χ2v) is 13.8. The molecular weight excluding hydrogens is 682 g/mol. The Kier molecular flexibility index (Phi) is 9.41. The van der Waals surface area contributed by atoms with E-state index in [2.05, 4.69) is 55.7 Å². The van der Waals surface area contributed by atoms with Crippen molar-refractivity contribution in [2.24, 2.45) is 21.1 Å². The van der Waals surface area contributed by atoms with Gasteiger partial charge in [-0.15, -0.1) is 0 Å². The molecule has 1 aliphatic rings. The highest BCUT2D eigenvalue weighted by Gasteiger charge is 2.44. The number of carboxylic acid groups (broad SMARTS) is 1. The molecule has 0 spiro atoms. The molecule has 10 nitrogen and oxygen atoms in total. The third-order valence-electron chi connectivity index (χ3n) is 10.1. The fraction of sp³-hybridized carbons (Fsp3) is 0.395. The summed E-state index contributed by atoms with van der Waals surface area (Å²) in [5.74, 6) is 0.715. The number of amides is 1. The van der Waals surface area contributed by atoms with Gasteiger partial charge in [0.25, 0.3) is 5.91 Å². The zero-order valence-corrected chi connectivity index (χ0v) is 30.8. The highest BCUT2D eigenvalue weighted by molar-refractivity contribution is 9.10. The van der Waals surface area contributed by atoms with Crippen molar-refractivity contribution in [1.29, 1.82) is 0 Å². The summed E-state index contributed by atoms with van der Waals surface area (Å²) in [6.45, 7) is 8.44. The van der Waals surface area contributed by atoms with Gasteiger partial charge >= 0.3 is 5.97 Å². The monoisotopic (exact) mass is 725 g/mol. The van der Waals surface area contributed by atoms with Crippen molar-refractivity contribution < 1.29 is 14.7 Å². The van der Waals surface area contributed by atoms with E-state index in [4.69, 9.17) is 4.98 Å².